The smallest absolute Gasteiger partial charge is 0.462 e. The summed E-state index contributed by atoms with van der Waals surface area (Å²) in [5.41, 5.74) is 5.34. The summed E-state index contributed by atoms with van der Waals surface area (Å²) in [6, 6.07) is 0. The van der Waals surface area contributed by atoms with E-state index >= 15 is 0 Å². The minimum absolute atomic E-state index is 0.0395. The summed E-state index contributed by atoms with van der Waals surface area (Å²) in [6.07, 6.45) is 48.0. The third-order valence-corrected chi connectivity index (χ3v) is 9.35. The van der Waals surface area contributed by atoms with Crippen LogP contribution in [0.3, 0.4) is 0 Å². The minimum Gasteiger partial charge on any atom is -0.462 e. The van der Waals surface area contributed by atoms with Crippen molar-refractivity contribution in [2.45, 2.75) is 168 Å². The van der Waals surface area contributed by atoms with Gasteiger partial charge in [0, 0.05) is 19.4 Å². The van der Waals surface area contributed by atoms with E-state index in [2.05, 4.69) is 74.6 Å². The molecule has 0 heterocycles. The normalized spacial score (nSPS) is 14.1. The first-order valence-corrected chi connectivity index (χ1v) is 22.4. The Morgan fingerprint density at radius 2 is 1.02 bits per heavy atom. The number of hydrogen-bond acceptors (Lipinski definition) is 8. The van der Waals surface area contributed by atoms with Gasteiger partial charge >= 0.3 is 19.8 Å². The van der Waals surface area contributed by atoms with Crippen LogP contribution in [0.1, 0.15) is 162 Å². The van der Waals surface area contributed by atoms with Crippen LogP contribution in [-0.4, -0.2) is 49.3 Å². The van der Waals surface area contributed by atoms with Gasteiger partial charge in [-0.2, -0.15) is 0 Å². The predicted octanol–water partition coefficient (Wildman–Crippen LogP) is 11.9. The number of phosphoric ester groups is 1. The van der Waals surface area contributed by atoms with Crippen LogP contribution >= 0.6 is 7.82 Å². The maximum atomic E-state index is 12.5. The van der Waals surface area contributed by atoms with Crippen LogP contribution in [0.25, 0.3) is 0 Å². The molecule has 310 valence electrons. The van der Waals surface area contributed by atoms with Gasteiger partial charge < -0.3 is 20.1 Å². The van der Waals surface area contributed by atoms with Crippen molar-refractivity contribution in [1.29, 1.82) is 0 Å². The van der Waals surface area contributed by atoms with Crippen molar-refractivity contribution in [2.75, 3.05) is 26.4 Å². The van der Waals surface area contributed by atoms with Crippen LogP contribution in [0, 0.1) is 0 Å². The van der Waals surface area contributed by atoms with Crippen molar-refractivity contribution in [1.82, 2.24) is 0 Å². The van der Waals surface area contributed by atoms with Gasteiger partial charge in [-0.1, -0.05) is 170 Å². The van der Waals surface area contributed by atoms with E-state index in [-0.39, 0.29) is 32.6 Å². The molecule has 0 aliphatic carbocycles. The number of unbranched alkanes of at least 4 members (excludes halogenated alkanes) is 13. The largest absolute Gasteiger partial charge is 0.472 e. The number of hydrogen-bond donors (Lipinski definition) is 2. The lowest BCUT2D eigenvalue weighted by atomic mass is 10.0. The SMILES string of the molecule is CC/C=C/C/C=C/C/C=C/C/C=C/C/C=C/C/C=C/CCC(=O)O[C@H](COC(=O)CCCCCCCCCCCCCCCC)COP(=O)(O)OCCN. The zero-order chi connectivity index (χ0) is 39.6. The molecule has 0 aliphatic heterocycles. The third kappa shape index (κ3) is 39.2. The van der Waals surface area contributed by atoms with E-state index in [0.29, 0.717) is 6.42 Å². The quantitative estimate of drug-likeness (QED) is 0.0272. The molecule has 2 atom stereocenters. The van der Waals surface area contributed by atoms with E-state index in [4.69, 9.17) is 24.3 Å². The van der Waals surface area contributed by atoms with E-state index < -0.39 is 32.5 Å². The molecule has 9 nitrogen and oxygen atoms in total. The molecule has 0 bridgehead atoms. The minimum atomic E-state index is -4.40. The second kappa shape index (κ2) is 40.1. The Labute approximate surface area is 329 Å². The number of ether oxygens (including phenoxy) is 2. The van der Waals surface area contributed by atoms with Crippen molar-refractivity contribution in [3.63, 3.8) is 0 Å². The maximum absolute atomic E-state index is 12.5. The van der Waals surface area contributed by atoms with Crippen LogP contribution in [0.4, 0.5) is 0 Å². The van der Waals surface area contributed by atoms with Crippen molar-refractivity contribution in [2.24, 2.45) is 5.73 Å². The lowest BCUT2D eigenvalue weighted by Gasteiger charge is -2.19. The zero-order valence-electron chi connectivity index (χ0n) is 33.9. The first-order valence-electron chi connectivity index (χ1n) is 20.9. The van der Waals surface area contributed by atoms with E-state index in [1.807, 2.05) is 12.2 Å². The Balaban J connectivity index is 4.32. The van der Waals surface area contributed by atoms with Crippen LogP contribution in [-0.2, 0) is 32.7 Å². The number of allylic oxidation sites excluding steroid dienone is 12. The Kier molecular flexibility index (Phi) is 38.2. The number of phosphoric acid groups is 1. The van der Waals surface area contributed by atoms with Crippen LogP contribution in [0.2, 0.25) is 0 Å². The van der Waals surface area contributed by atoms with Crippen molar-refractivity contribution in [3.8, 4) is 0 Å². The van der Waals surface area contributed by atoms with Gasteiger partial charge in [0.15, 0.2) is 6.10 Å². The van der Waals surface area contributed by atoms with Crippen LogP contribution in [0.15, 0.2) is 72.9 Å². The number of nitrogens with two attached hydrogens (primary N) is 1. The molecule has 0 aromatic heterocycles. The predicted molar refractivity (Wildman–Crippen MR) is 224 cm³/mol. The summed E-state index contributed by atoms with van der Waals surface area (Å²) in [5, 5.41) is 0. The summed E-state index contributed by atoms with van der Waals surface area (Å²) in [4.78, 5) is 34.8. The molecule has 0 radical (unpaired) electrons. The second-order valence-corrected chi connectivity index (χ2v) is 14.9. The van der Waals surface area contributed by atoms with Gasteiger partial charge in [0.05, 0.1) is 13.2 Å². The van der Waals surface area contributed by atoms with Crippen molar-refractivity contribution >= 4 is 19.8 Å². The molecule has 0 rings (SSSR count). The lowest BCUT2D eigenvalue weighted by Crippen LogP contribution is -2.29. The highest BCUT2D eigenvalue weighted by Gasteiger charge is 2.25. The van der Waals surface area contributed by atoms with Gasteiger partial charge in [-0.3, -0.25) is 18.6 Å². The van der Waals surface area contributed by atoms with Gasteiger partial charge in [0.1, 0.15) is 6.61 Å². The fourth-order valence-corrected chi connectivity index (χ4v) is 6.07. The highest BCUT2D eigenvalue weighted by molar-refractivity contribution is 7.47. The molecule has 0 fully saturated rings. The standard InChI is InChI=1S/C44H76NO8P/c1-3-5-7-9-11-13-15-17-19-20-21-22-23-25-27-29-31-33-35-37-44(47)53-42(41-52-54(48,49)51-39-38-45)40-50-43(46)36-34-32-30-28-26-24-18-16-14-12-10-8-6-4-2/h5,7,11,13,17,19,21-22,25,27,31,33,42H,3-4,6,8-10,12,14-16,18,20,23-24,26,28-30,32,34-41,45H2,1-2H3,(H,48,49)/b7-5+,13-11+,19-17+,22-21+,27-25+,33-31+/t42-/m1/s1. The zero-order valence-corrected chi connectivity index (χ0v) is 34.8. The molecule has 0 saturated carbocycles. The molecule has 10 heteroatoms. The first kappa shape index (κ1) is 51.5. The lowest BCUT2D eigenvalue weighted by molar-refractivity contribution is -0.161. The fourth-order valence-electron chi connectivity index (χ4n) is 5.31. The summed E-state index contributed by atoms with van der Waals surface area (Å²) < 4.78 is 32.6. The van der Waals surface area contributed by atoms with Crippen LogP contribution < -0.4 is 5.73 Å². The Bertz CT molecular complexity index is 1110. The molecule has 0 saturated heterocycles. The molecule has 0 aliphatic rings. The van der Waals surface area contributed by atoms with Gasteiger partial charge in [-0.05, 0) is 51.4 Å². The van der Waals surface area contributed by atoms with Crippen molar-refractivity contribution in [3.05, 3.63) is 72.9 Å². The van der Waals surface area contributed by atoms with Crippen LogP contribution in [0.5, 0.6) is 0 Å². The average molecular weight is 778 g/mol. The highest BCUT2D eigenvalue weighted by Crippen LogP contribution is 2.43. The molecule has 1 unspecified atom stereocenters. The highest BCUT2D eigenvalue weighted by atomic mass is 31.2. The summed E-state index contributed by atoms with van der Waals surface area (Å²) in [6.45, 7) is 3.52. The van der Waals surface area contributed by atoms with Gasteiger partial charge in [-0.25, -0.2) is 4.57 Å². The van der Waals surface area contributed by atoms with E-state index in [9.17, 15) is 19.0 Å². The maximum Gasteiger partial charge on any atom is 0.472 e. The number of rotatable bonds is 38. The summed E-state index contributed by atoms with van der Waals surface area (Å²) in [7, 11) is -4.40. The Morgan fingerprint density at radius 3 is 1.48 bits per heavy atom. The topological polar surface area (TPSA) is 134 Å². The average Bonchev–Trinajstić information content (AvgIpc) is 3.16. The molecule has 54 heavy (non-hydrogen) atoms. The fraction of sp³-hybridized carbons (Fsp3) is 0.682. The van der Waals surface area contributed by atoms with Gasteiger partial charge in [-0.15, -0.1) is 0 Å². The molecule has 0 aromatic rings. The molecular weight excluding hydrogens is 701 g/mol. The third-order valence-electron chi connectivity index (χ3n) is 8.37. The molecule has 0 amide bonds. The Hall–Kier alpha value is -2.55. The molecule has 3 N–H and O–H groups in total. The van der Waals surface area contributed by atoms with Gasteiger partial charge in [0.25, 0.3) is 0 Å². The summed E-state index contributed by atoms with van der Waals surface area (Å²) >= 11 is 0. The number of carbonyl (C=O) groups is 2. The number of carbonyl (C=O) groups excluding carboxylic acids is 2. The van der Waals surface area contributed by atoms with E-state index in [1.165, 1.54) is 70.6 Å². The summed E-state index contributed by atoms with van der Waals surface area (Å²) in [5.74, 6) is -0.929. The number of esters is 2. The Morgan fingerprint density at radius 1 is 0.574 bits per heavy atom. The molecular formula is C44H76NO8P. The van der Waals surface area contributed by atoms with E-state index in [0.717, 1.165) is 57.8 Å². The van der Waals surface area contributed by atoms with Gasteiger partial charge in [0.2, 0.25) is 0 Å². The van der Waals surface area contributed by atoms with E-state index in [1.54, 1.807) is 0 Å². The monoisotopic (exact) mass is 778 g/mol. The molecule has 0 spiro atoms. The molecule has 0 aromatic carbocycles. The first-order chi connectivity index (χ1) is 26.3. The second-order valence-electron chi connectivity index (χ2n) is 13.5. The van der Waals surface area contributed by atoms with Crippen molar-refractivity contribution < 1.29 is 37.6 Å².